The van der Waals surface area contributed by atoms with Gasteiger partial charge >= 0.3 is 0 Å². The number of nitrogens with two attached hydrogens (primary N) is 1. The van der Waals surface area contributed by atoms with Crippen LogP contribution in [0.15, 0.2) is 54.6 Å². The van der Waals surface area contributed by atoms with Gasteiger partial charge in [-0.15, -0.1) is 0 Å². The van der Waals surface area contributed by atoms with Gasteiger partial charge in [0.05, 0.1) is 11.6 Å². The van der Waals surface area contributed by atoms with Crippen molar-refractivity contribution < 1.29 is 0 Å². The summed E-state index contributed by atoms with van der Waals surface area (Å²) >= 11 is 0. The largest absolute Gasteiger partial charge is 0.398 e. The minimum absolute atomic E-state index is 0.665. The predicted molar refractivity (Wildman–Crippen MR) is 75.6 cm³/mol. The van der Waals surface area contributed by atoms with Gasteiger partial charge in [-0.3, -0.25) is 0 Å². The Kier molecular flexibility index (Phi) is 3.16. The van der Waals surface area contributed by atoms with Crippen molar-refractivity contribution in [3.05, 3.63) is 65.8 Å². The highest BCUT2D eigenvalue weighted by Gasteiger charge is 2.08. The van der Waals surface area contributed by atoms with Crippen molar-refractivity contribution in [2.75, 3.05) is 0 Å². The van der Waals surface area contributed by atoms with Gasteiger partial charge < -0.3 is 5.73 Å². The molecule has 0 amide bonds. The van der Waals surface area contributed by atoms with E-state index in [1.54, 1.807) is 12.1 Å². The van der Waals surface area contributed by atoms with Crippen LogP contribution in [0.1, 0.15) is 18.1 Å². The van der Waals surface area contributed by atoms with Crippen molar-refractivity contribution in [3.63, 3.8) is 0 Å². The molecule has 0 saturated carbocycles. The molecule has 0 radical (unpaired) electrons. The molecule has 2 N–H and O–H groups in total. The van der Waals surface area contributed by atoms with Crippen LogP contribution in [0.5, 0.6) is 0 Å². The van der Waals surface area contributed by atoms with Gasteiger partial charge in [0.15, 0.2) is 0 Å². The van der Waals surface area contributed by atoms with Crippen LogP contribution in [-0.4, -0.2) is 0 Å². The third-order valence-electron chi connectivity index (χ3n) is 3.07. The summed E-state index contributed by atoms with van der Waals surface area (Å²) in [6.07, 6.45) is 1.74. The minimum Gasteiger partial charge on any atom is -0.398 e. The smallest absolute Gasteiger partial charge is 0.0998 e. The van der Waals surface area contributed by atoms with Crippen LogP contribution in [0.3, 0.4) is 0 Å². The summed E-state index contributed by atoms with van der Waals surface area (Å²) in [4.78, 5) is 0. The van der Waals surface area contributed by atoms with E-state index in [1.165, 1.54) is 0 Å². The number of rotatable bonds is 2. The van der Waals surface area contributed by atoms with E-state index in [1.807, 2.05) is 37.3 Å². The average Bonchev–Trinajstić information content (AvgIpc) is 2.44. The minimum atomic E-state index is 0.665. The Morgan fingerprint density at radius 3 is 2.50 bits per heavy atom. The van der Waals surface area contributed by atoms with E-state index in [0.29, 0.717) is 11.3 Å². The Labute approximate surface area is 107 Å². The fourth-order valence-electron chi connectivity index (χ4n) is 1.95. The number of benzene rings is 2. The van der Waals surface area contributed by atoms with E-state index in [9.17, 15) is 0 Å². The van der Waals surface area contributed by atoms with Crippen LogP contribution < -0.4 is 5.73 Å². The molecule has 0 bridgehead atoms. The van der Waals surface area contributed by atoms with Crippen LogP contribution in [-0.2, 0) is 0 Å². The van der Waals surface area contributed by atoms with Crippen LogP contribution >= 0.6 is 0 Å². The van der Waals surface area contributed by atoms with E-state index >= 15 is 0 Å². The monoisotopic (exact) mass is 234 g/mol. The maximum Gasteiger partial charge on any atom is 0.0998 e. The lowest BCUT2D eigenvalue weighted by Gasteiger charge is -2.10. The van der Waals surface area contributed by atoms with Crippen molar-refractivity contribution in [1.82, 2.24) is 0 Å². The predicted octanol–water partition coefficient (Wildman–Crippen LogP) is 3.59. The second kappa shape index (κ2) is 4.77. The van der Waals surface area contributed by atoms with Crippen LogP contribution in [0.25, 0.3) is 16.5 Å². The summed E-state index contributed by atoms with van der Waals surface area (Å²) in [7, 11) is 0. The van der Waals surface area contributed by atoms with Gasteiger partial charge in [-0.1, -0.05) is 43.0 Å². The molecule has 0 aliphatic rings. The normalized spacial score (nSPS) is 11.8. The van der Waals surface area contributed by atoms with Crippen molar-refractivity contribution in [2.45, 2.75) is 6.92 Å². The molecule has 0 atom stereocenters. The number of nitriles is 1. The molecule has 0 heterocycles. The molecule has 0 aliphatic carbocycles. The molecule has 2 aromatic rings. The van der Waals surface area contributed by atoms with Crippen molar-refractivity contribution in [3.8, 4) is 6.07 Å². The first-order valence-electron chi connectivity index (χ1n) is 5.70. The number of nitrogens with zero attached hydrogens (tertiary/aromatic N) is 1. The molecule has 88 valence electrons. The fourth-order valence-corrected chi connectivity index (χ4v) is 1.95. The molecular weight excluding hydrogens is 220 g/mol. The molecule has 0 spiro atoms. The SMILES string of the molecule is C=C/C(C)=C(\N)c1ccc(C#N)c2ccccc12. The first-order valence-corrected chi connectivity index (χ1v) is 5.70. The summed E-state index contributed by atoms with van der Waals surface area (Å²) in [6, 6.07) is 13.7. The lowest BCUT2D eigenvalue weighted by Crippen LogP contribution is -2.00. The second-order valence-corrected chi connectivity index (χ2v) is 4.12. The molecule has 0 aliphatic heterocycles. The zero-order valence-electron chi connectivity index (χ0n) is 10.3. The van der Waals surface area contributed by atoms with Crippen LogP contribution in [0.2, 0.25) is 0 Å². The number of hydrogen-bond donors (Lipinski definition) is 1. The van der Waals surface area contributed by atoms with Gasteiger partial charge in [0.1, 0.15) is 0 Å². The lowest BCUT2D eigenvalue weighted by atomic mass is 9.97. The van der Waals surface area contributed by atoms with Crippen molar-refractivity contribution in [2.24, 2.45) is 5.73 Å². The molecule has 2 nitrogen and oxygen atoms in total. The quantitative estimate of drug-likeness (QED) is 0.807. The topological polar surface area (TPSA) is 49.8 Å². The second-order valence-electron chi connectivity index (χ2n) is 4.12. The third-order valence-corrected chi connectivity index (χ3v) is 3.07. The summed E-state index contributed by atoms with van der Waals surface area (Å²) in [5.41, 5.74) is 9.38. The standard InChI is InChI=1S/C16H14N2/c1-3-11(2)16(18)15-9-8-12(10-17)13-6-4-5-7-14(13)15/h3-9H,1,18H2,2H3/b16-11-. The lowest BCUT2D eigenvalue weighted by molar-refractivity contribution is 1.43. The van der Waals surface area contributed by atoms with E-state index in [0.717, 1.165) is 21.9 Å². The van der Waals surface area contributed by atoms with Gasteiger partial charge in [0.2, 0.25) is 0 Å². The van der Waals surface area contributed by atoms with Gasteiger partial charge in [0.25, 0.3) is 0 Å². The zero-order valence-corrected chi connectivity index (χ0v) is 10.3. The number of allylic oxidation sites excluding steroid dienone is 2. The zero-order chi connectivity index (χ0) is 13.1. The average molecular weight is 234 g/mol. The van der Waals surface area contributed by atoms with Crippen molar-refractivity contribution >= 4 is 16.5 Å². The maximum absolute atomic E-state index is 9.11. The molecule has 0 aromatic heterocycles. The van der Waals surface area contributed by atoms with Gasteiger partial charge in [-0.2, -0.15) is 5.26 Å². The number of fused-ring (bicyclic) bond motifs is 1. The van der Waals surface area contributed by atoms with E-state index < -0.39 is 0 Å². The first-order chi connectivity index (χ1) is 8.69. The van der Waals surface area contributed by atoms with Crippen LogP contribution in [0, 0.1) is 11.3 Å². The fraction of sp³-hybridized carbons (Fsp3) is 0.0625. The van der Waals surface area contributed by atoms with E-state index in [-0.39, 0.29) is 0 Å². The highest BCUT2D eigenvalue weighted by Crippen LogP contribution is 2.27. The molecule has 2 heteroatoms. The third kappa shape index (κ3) is 1.87. The van der Waals surface area contributed by atoms with Gasteiger partial charge in [-0.05, 0) is 23.9 Å². The van der Waals surface area contributed by atoms with Gasteiger partial charge in [0, 0.05) is 16.6 Å². The first kappa shape index (κ1) is 11.9. The summed E-state index contributed by atoms with van der Waals surface area (Å²) in [6.45, 7) is 5.66. The maximum atomic E-state index is 9.11. The number of hydrogen-bond acceptors (Lipinski definition) is 2. The molecule has 2 rings (SSSR count). The summed E-state index contributed by atoms with van der Waals surface area (Å²) in [5, 5.41) is 11.0. The Bertz CT molecular complexity index is 688. The molecule has 0 saturated heterocycles. The van der Waals surface area contributed by atoms with Gasteiger partial charge in [-0.25, -0.2) is 0 Å². The Morgan fingerprint density at radius 2 is 1.89 bits per heavy atom. The highest BCUT2D eigenvalue weighted by atomic mass is 14.6. The molecular formula is C16H14N2. The Balaban J connectivity index is 2.84. The molecule has 2 aromatic carbocycles. The molecule has 0 fully saturated rings. The van der Waals surface area contributed by atoms with Crippen LogP contribution in [0.4, 0.5) is 0 Å². The summed E-state index contributed by atoms with van der Waals surface area (Å²) < 4.78 is 0. The molecule has 18 heavy (non-hydrogen) atoms. The molecule has 0 unspecified atom stereocenters. The Hall–Kier alpha value is -2.53. The van der Waals surface area contributed by atoms with E-state index in [4.69, 9.17) is 11.0 Å². The highest BCUT2D eigenvalue weighted by molar-refractivity contribution is 5.97. The Morgan fingerprint density at radius 1 is 1.22 bits per heavy atom. The van der Waals surface area contributed by atoms with E-state index in [2.05, 4.69) is 12.6 Å². The summed E-state index contributed by atoms with van der Waals surface area (Å²) in [5.74, 6) is 0. The van der Waals surface area contributed by atoms with Crippen molar-refractivity contribution in [1.29, 1.82) is 5.26 Å².